The van der Waals surface area contributed by atoms with Crippen molar-refractivity contribution in [1.29, 1.82) is 0 Å². The van der Waals surface area contributed by atoms with E-state index in [1.807, 2.05) is 0 Å². The molecule has 0 aliphatic carbocycles. The van der Waals surface area contributed by atoms with Gasteiger partial charge in [-0.05, 0) is 42.0 Å². The number of fused-ring (bicyclic) bond motifs is 1. The molecule has 0 saturated carbocycles. The predicted molar refractivity (Wildman–Crippen MR) is 94.6 cm³/mol. The number of rotatable bonds is 7. The van der Waals surface area contributed by atoms with Crippen molar-refractivity contribution in [2.45, 2.75) is 12.8 Å². The molecular formula is C20H17F3O5. The number of ketones is 1. The van der Waals surface area contributed by atoms with Gasteiger partial charge in [0.25, 0.3) is 0 Å². The zero-order valence-electron chi connectivity index (χ0n) is 14.9. The van der Waals surface area contributed by atoms with E-state index in [1.54, 1.807) is 42.5 Å². The summed E-state index contributed by atoms with van der Waals surface area (Å²) < 4.78 is 57.0. The average molecular weight is 394 g/mol. The molecule has 5 nitrogen and oxygen atoms in total. The topological polar surface area (TPSA) is 54.0 Å². The van der Waals surface area contributed by atoms with Gasteiger partial charge in [-0.3, -0.25) is 4.79 Å². The number of benzene rings is 2. The highest BCUT2D eigenvalue weighted by molar-refractivity contribution is 6.07. The molecule has 0 spiro atoms. The number of alkyl halides is 3. The van der Waals surface area contributed by atoms with E-state index in [1.165, 1.54) is 13.2 Å². The third kappa shape index (κ3) is 5.04. The van der Waals surface area contributed by atoms with Crippen molar-refractivity contribution in [3.05, 3.63) is 59.2 Å². The molecule has 0 unspecified atom stereocenters. The van der Waals surface area contributed by atoms with Crippen LogP contribution in [0.4, 0.5) is 13.2 Å². The van der Waals surface area contributed by atoms with Crippen molar-refractivity contribution >= 4 is 11.9 Å². The lowest BCUT2D eigenvalue weighted by atomic mass is 10.1. The minimum Gasteiger partial charge on any atom is -0.496 e. The Morgan fingerprint density at radius 2 is 1.93 bits per heavy atom. The van der Waals surface area contributed by atoms with E-state index >= 15 is 0 Å². The summed E-state index contributed by atoms with van der Waals surface area (Å²) >= 11 is 0. The molecule has 0 bridgehead atoms. The minimum atomic E-state index is -4.40. The highest BCUT2D eigenvalue weighted by Gasteiger charge is 2.27. The van der Waals surface area contributed by atoms with Gasteiger partial charge in [0, 0.05) is 11.1 Å². The zero-order valence-corrected chi connectivity index (χ0v) is 14.9. The van der Waals surface area contributed by atoms with Crippen LogP contribution in [0.2, 0.25) is 0 Å². The minimum absolute atomic E-state index is 0.119. The summed E-state index contributed by atoms with van der Waals surface area (Å²) in [4.78, 5) is 12.4. The Balaban J connectivity index is 1.70. The van der Waals surface area contributed by atoms with Crippen LogP contribution in [-0.2, 0) is 11.3 Å². The second-order valence-corrected chi connectivity index (χ2v) is 5.94. The predicted octanol–water partition coefficient (Wildman–Crippen LogP) is 4.40. The molecule has 1 aliphatic rings. The normalized spacial score (nSPS) is 13.1. The molecule has 0 amide bonds. The maximum absolute atomic E-state index is 12.4. The largest absolute Gasteiger partial charge is 0.496 e. The van der Waals surface area contributed by atoms with Crippen molar-refractivity contribution in [3.8, 4) is 17.2 Å². The number of allylic oxidation sites excluding steroid dienone is 1. The number of carbonyl (C=O) groups is 1. The van der Waals surface area contributed by atoms with Crippen LogP contribution >= 0.6 is 0 Å². The number of carbonyl (C=O) groups excluding carboxylic acids is 1. The Kier molecular flexibility index (Phi) is 5.89. The molecule has 8 heteroatoms. The number of methoxy groups -OCH3 is 1. The fraction of sp³-hybridized carbons (Fsp3) is 0.250. The van der Waals surface area contributed by atoms with Gasteiger partial charge in [0.2, 0.25) is 6.79 Å². The van der Waals surface area contributed by atoms with E-state index in [9.17, 15) is 18.0 Å². The molecule has 0 saturated heterocycles. The lowest BCUT2D eigenvalue weighted by molar-refractivity contribution is -0.176. The van der Waals surface area contributed by atoms with E-state index < -0.39 is 12.8 Å². The van der Waals surface area contributed by atoms with Crippen LogP contribution in [0.3, 0.4) is 0 Å². The highest BCUT2D eigenvalue weighted by Crippen LogP contribution is 2.32. The first-order valence-electron chi connectivity index (χ1n) is 8.29. The molecule has 0 fully saturated rings. The van der Waals surface area contributed by atoms with Crippen molar-refractivity contribution in [1.82, 2.24) is 0 Å². The van der Waals surface area contributed by atoms with Crippen molar-refractivity contribution in [3.63, 3.8) is 0 Å². The summed E-state index contributed by atoms with van der Waals surface area (Å²) in [6.07, 6.45) is -1.46. The standard InChI is InChI=1S/C20H17F3O5/c1-25-17-6-3-13(8-15(17)10-26-11-20(21,22)23)2-5-16(24)14-4-7-18-19(9-14)28-12-27-18/h2-9H,10-12H2,1H3/b5-2+. The van der Waals surface area contributed by atoms with Gasteiger partial charge in [0.05, 0.1) is 13.7 Å². The highest BCUT2D eigenvalue weighted by atomic mass is 19.4. The molecule has 1 heterocycles. The van der Waals surface area contributed by atoms with Gasteiger partial charge in [-0.15, -0.1) is 0 Å². The second-order valence-electron chi connectivity index (χ2n) is 5.94. The van der Waals surface area contributed by atoms with E-state index in [0.29, 0.717) is 33.9 Å². The number of ether oxygens (including phenoxy) is 4. The Labute approximate surface area is 159 Å². The quantitative estimate of drug-likeness (QED) is 0.515. The SMILES string of the molecule is COc1ccc(/C=C/C(=O)c2ccc3c(c2)OCO3)cc1COCC(F)(F)F. The van der Waals surface area contributed by atoms with Gasteiger partial charge in [0.1, 0.15) is 12.4 Å². The molecule has 2 aromatic rings. The van der Waals surface area contributed by atoms with E-state index in [0.717, 1.165) is 0 Å². The van der Waals surface area contributed by atoms with Crippen LogP contribution in [0, 0.1) is 0 Å². The molecule has 0 aromatic heterocycles. The fourth-order valence-electron chi connectivity index (χ4n) is 2.61. The first-order valence-corrected chi connectivity index (χ1v) is 8.29. The summed E-state index contributed by atoms with van der Waals surface area (Å²) in [6.45, 7) is -1.49. The van der Waals surface area contributed by atoms with E-state index in [4.69, 9.17) is 18.9 Å². The monoisotopic (exact) mass is 394 g/mol. The third-order valence-corrected chi connectivity index (χ3v) is 3.91. The smallest absolute Gasteiger partial charge is 0.411 e. The Morgan fingerprint density at radius 3 is 2.68 bits per heavy atom. The number of hydrogen-bond acceptors (Lipinski definition) is 5. The fourth-order valence-corrected chi connectivity index (χ4v) is 2.61. The van der Waals surface area contributed by atoms with Gasteiger partial charge in [-0.2, -0.15) is 13.2 Å². The van der Waals surface area contributed by atoms with Gasteiger partial charge in [-0.1, -0.05) is 12.1 Å². The molecule has 0 N–H and O–H groups in total. The van der Waals surface area contributed by atoms with Gasteiger partial charge < -0.3 is 18.9 Å². The molecule has 0 atom stereocenters. The summed E-state index contributed by atoms with van der Waals surface area (Å²) in [5.41, 5.74) is 1.51. The third-order valence-electron chi connectivity index (χ3n) is 3.91. The maximum Gasteiger partial charge on any atom is 0.411 e. The summed E-state index contributed by atoms with van der Waals surface area (Å²) in [6, 6.07) is 9.79. The molecule has 3 rings (SSSR count). The zero-order chi connectivity index (χ0) is 20.1. The first-order chi connectivity index (χ1) is 13.4. The summed E-state index contributed by atoms with van der Waals surface area (Å²) in [5.74, 6) is 1.25. The van der Waals surface area contributed by atoms with Crippen LogP contribution < -0.4 is 14.2 Å². The maximum atomic E-state index is 12.4. The first kappa shape index (κ1) is 19.8. The molecule has 0 radical (unpaired) electrons. The van der Waals surface area contributed by atoms with Crippen LogP contribution in [0.25, 0.3) is 6.08 Å². The van der Waals surface area contributed by atoms with Gasteiger partial charge in [-0.25, -0.2) is 0 Å². The van der Waals surface area contributed by atoms with Crippen molar-refractivity contribution in [2.75, 3.05) is 20.5 Å². The molecule has 2 aromatic carbocycles. The molecule has 1 aliphatic heterocycles. The van der Waals surface area contributed by atoms with Crippen molar-refractivity contribution in [2.24, 2.45) is 0 Å². The van der Waals surface area contributed by atoms with Crippen LogP contribution in [0.5, 0.6) is 17.2 Å². The van der Waals surface area contributed by atoms with E-state index in [-0.39, 0.29) is 19.2 Å². The second kappa shape index (κ2) is 8.35. The van der Waals surface area contributed by atoms with Gasteiger partial charge in [0.15, 0.2) is 17.3 Å². The lowest BCUT2D eigenvalue weighted by Gasteiger charge is -2.11. The summed E-state index contributed by atoms with van der Waals surface area (Å²) in [7, 11) is 1.42. The van der Waals surface area contributed by atoms with E-state index in [2.05, 4.69) is 0 Å². The lowest BCUT2D eigenvalue weighted by Crippen LogP contribution is -2.16. The Morgan fingerprint density at radius 1 is 1.14 bits per heavy atom. The van der Waals surface area contributed by atoms with Crippen LogP contribution in [0.15, 0.2) is 42.5 Å². The van der Waals surface area contributed by atoms with Crippen molar-refractivity contribution < 1.29 is 36.9 Å². The van der Waals surface area contributed by atoms with Crippen LogP contribution in [0.1, 0.15) is 21.5 Å². The number of halogens is 3. The molecular weight excluding hydrogens is 377 g/mol. The van der Waals surface area contributed by atoms with Gasteiger partial charge >= 0.3 is 6.18 Å². The average Bonchev–Trinajstić information content (AvgIpc) is 3.13. The Bertz CT molecular complexity index is 890. The Hall–Kier alpha value is -3.00. The molecule has 28 heavy (non-hydrogen) atoms. The summed E-state index contributed by atoms with van der Waals surface area (Å²) in [5, 5.41) is 0. The number of hydrogen-bond donors (Lipinski definition) is 0. The molecule has 148 valence electrons. The van der Waals surface area contributed by atoms with Crippen LogP contribution in [-0.4, -0.2) is 32.5 Å².